The van der Waals surface area contributed by atoms with Gasteiger partial charge in [0.15, 0.2) is 0 Å². The van der Waals surface area contributed by atoms with Crippen LogP contribution in [0.4, 0.5) is 0 Å². The summed E-state index contributed by atoms with van der Waals surface area (Å²) in [4.78, 5) is 76.8. The molecule has 0 saturated carbocycles. The molecule has 0 fully saturated rings. The molecule has 0 spiro atoms. The third-order valence-electron chi connectivity index (χ3n) is 7.49. The Kier molecular flexibility index (Phi) is 17.2. The molecule has 284 valence electrons. The number of aliphatic hydroxyl groups is 8. The van der Waals surface area contributed by atoms with Gasteiger partial charge in [-0.3, -0.25) is 19.2 Å². The number of hydrogen-bond donors (Lipinski definition) is 8. The van der Waals surface area contributed by atoms with E-state index >= 15 is 0 Å². The minimum Gasteiger partial charge on any atom is -0.460 e. The molecule has 1 unspecified atom stereocenters. The van der Waals surface area contributed by atoms with Gasteiger partial charge in [0.05, 0.1) is 52.9 Å². The van der Waals surface area contributed by atoms with E-state index in [0.717, 1.165) is 41.5 Å². The molecule has 0 aliphatic rings. The number of aliphatic hydroxyl groups excluding tert-OH is 8. The van der Waals surface area contributed by atoms with Crippen LogP contribution in [0.2, 0.25) is 0 Å². The van der Waals surface area contributed by atoms with Crippen LogP contribution < -0.4 is 0 Å². The Morgan fingerprint density at radius 3 is 1.00 bits per heavy atom. The van der Waals surface area contributed by atoms with Crippen molar-refractivity contribution in [3.8, 4) is 0 Å². The first-order chi connectivity index (χ1) is 22.5. The van der Waals surface area contributed by atoms with Crippen molar-refractivity contribution in [2.45, 2.75) is 52.9 Å². The Balaban J connectivity index is 6.10. The van der Waals surface area contributed by atoms with Crippen molar-refractivity contribution in [3.63, 3.8) is 0 Å². The fraction of sp³-hybridized carbons (Fsp3) is 0.793. The Labute approximate surface area is 281 Å². The van der Waals surface area contributed by atoms with E-state index < -0.39 is 142 Å². The molecule has 0 bridgehead atoms. The van der Waals surface area contributed by atoms with Gasteiger partial charge in [0, 0.05) is 6.92 Å². The molecule has 20 heteroatoms. The van der Waals surface area contributed by atoms with Gasteiger partial charge in [-0.1, -0.05) is 0 Å². The van der Waals surface area contributed by atoms with Crippen molar-refractivity contribution in [1.82, 2.24) is 0 Å². The van der Waals surface area contributed by atoms with Crippen LogP contribution in [-0.4, -0.2) is 161 Å². The molecule has 8 N–H and O–H groups in total. The van der Waals surface area contributed by atoms with Crippen molar-refractivity contribution >= 4 is 35.8 Å². The lowest BCUT2D eigenvalue weighted by Gasteiger charge is -2.34. The summed E-state index contributed by atoms with van der Waals surface area (Å²) in [6, 6.07) is 0. The second-order valence-electron chi connectivity index (χ2n) is 12.7. The maximum Gasteiger partial charge on any atom is 0.392 e. The van der Waals surface area contributed by atoms with E-state index in [1.165, 1.54) is 0 Å². The normalized spacial score (nSPS) is 13.8. The molecule has 0 heterocycles. The first-order valence-electron chi connectivity index (χ1n) is 14.6. The second-order valence-corrected chi connectivity index (χ2v) is 12.7. The van der Waals surface area contributed by atoms with E-state index in [1.807, 2.05) is 0 Å². The van der Waals surface area contributed by atoms with Crippen LogP contribution in [0.1, 0.15) is 41.5 Å². The largest absolute Gasteiger partial charge is 0.460 e. The summed E-state index contributed by atoms with van der Waals surface area (Å²) in [7, 11) is 0. The molecule has 0 aliphatic carbocycles. The van der Waals surface area contributed by atoms with E-state index in [-0.39, 0.29) is 0 Å². The summed E-state index contributed by atoms with van der Waals surface area (Å²) in [5, 5.41) is 76.1. The van der Waals surface area contributed by atoms with Crippen molar-refractivity contribution in [2.75, 3.05) is 72.7 Å². The monoisotopic (exact) mass is 716 g/mol. The topological polar surface area (TPSA) is 320 Å². The van der Waals surface area contributed by atoms with Gasteiger partial charge in [0.1, 0.15) is 41.5 Å². The fourth-order valence-corrected chi connectivity index (χ4v) is 2.81. The number of ether oxygens (including phenoxy) is 6. The Morgan fingerprint density at radius 1 is 0.388 bits per heavy atom. The summed E-state index contributed by atoms with van der Waals surface area (Å²) in [5.41, 5.74) is -10.3. The van der Waals surface area contributed by atoms with Gasteiger partial charge in [-0.25, -0.2) is 9.59 Å². The minimum atomic E-state index is -2.96. The van der Waals surface area contributed by atoms with Crippen molar-refractivity contribution < 1.29 is 98.0 Å². The van der Waals surface area contributed by atoms with Gasteiger partial charge in [-0.05, 0) is 34.6 Å². The van der Waals surface area contributed by atoms with Gasteiger partial charge < -0.3 is 69.3 Å². The average Bonchev–Trinajstić information content (AvgIpc) is 3.09. The molecule has 0 saturated heterocycles. The van der Waals surface area contributed by atoms with E-state index in [9.17, 15) is 69.6 Å². The molecule has 49 heavy (non-hydrogen) atoms. The number of carbonyl (C=O) groups excluding carboxylic acids is 6. The highest BCUT2D eigenvalue weighted by Gasteiger charge is 2.51. The summed E-state index contributed by atoms with van der Waals surface area (Å²) in [6.07, 6.45) is 0. The zero-order chi connectivity index (χ0) is 38.5. The zero-order valence-electron chi connectivity index (χ0n) is 28.3. The number of carbonyl (C=O) groups is 6. The number of rotatable bonds is 22. The Bertz CT molecular complexity index is 1120. The van der Waals surface area contributed by atoms with E-state index in [2.05, 4.69) is 0 Å². The number of hydrogen-bond acceptors (Lipinski definition) is 20. The van der Waals surface area contributed by atoms with Crippen LogP contribution in [0.5, 0.6) is 0 Å². The van der Waals surface area contributed by atoms with Crippen molar-refractivity contribution in [2.24, 2.45) is 21.7 Å². The van der Waals surface area contributed by atoms with Crippen LogP contribution >= 0.6 is 0 Å². The van der Waals surface area contributed by atoms with Gasteiger partial charge in [-0.15, -0.1) is 0 Å². The quantitative estimate of drug-likeness (QED) is 0.0227. The molecule has 0 radical (unpaired) electrons. The second kappa shape index (κ2) is 18.5. The molecule has 0 aromatic rings. The standard InChI is InChI=1S/C29H48O20/c1-24(9-30,10-31)18(38)46-17-28(5,47-19(39)25(2,11-32)12-33)22(42)44-7-8-45-23(43)29(6,48-20(40)26(3,13-34)14-35)49-21(41)27(4,15-36)16-37/h30-37H,7-17H2,1-6H3. The van der Waals surface area contributed by atoms with Gasteiger partial charge in [-0.2, -0.15) is 0 Å². The summed E-state index contributed by atoms with van der Waals surface area (Å²) in [6.45, 7) is -4.32. The highest BCUT2D eigenvalue weighted by Crippen LogP contribution is 2.28. The molecule has 0 aromatic carbocycles. The third kappa shape index (κ3) is 11.3. The van der Waals surface area contributed by atoms with E-state index in [0.29, 0.717) is 0 Å². The highest BCUT2D eigenvalue weighted by atomic mass is 16.8. The maximum atomic E-state index is 13.1. The third-order valence-corrected chi connectivity index (χ3v) is 7.49. The molecular weight excluding hydrogens is 668 g/mol. The summed E-state index contributed by atoms with van der Waals surface area (Å²) >= 11 is 0. The van der Waals surface area contributed by atoms with Crippen LogP contribution in [0.3, 0.4) is 0 Å². The predicted molar refractivity (Wildman–Crippen MR) is 157 cm³/mol. The first-order valence-corrected chi connectivity index (χ1v) is 14.6. The van der Waals surface area contributed by atoms with Gasteiger partial charge >= 0.3 is 41.6 Å². The molecule has 1 atom stereocenters. The number of esters is 6. The van der Waals surface area contributed by atoms with Crippen LogP contribution in [0.25, 0.3) is 0 Å². The van der Waals surface area contributed by atoms with Crippen molar-refractivity contribution in [1.29, 1.82) is 0 Å². The highest BCUT2D eigenvalue weighted by molar-refractivity contribution is 5.88. The van der Waals surface area contributed by atoms with E-state index in [4.69, 9.17) is 28.4 Å². The first kappa shape index (κ1) is 45.5. The summed E-state index contributed by atoms with van der Waals surface area (Å²) < 4.78 is 30.1. The maximum absolute atomic E-state index is 13.1. The molecule has 0 amide bonds. The molecule has 0 aliphatic heterocycles. The lowest BCUT2D eigenvalue weighted by atomic mass is 9.92. The average molecular weight is 717 g/mol. The van der Waals surface area contributed by atoms with Crippen LogP contribution in [0, 0.1) is 21.7 Å². The van der Waals surface area contributed by atoms with Gasteiger partial charge in [0.25, 0.3) is 0 Å². The molecule has 20 nitrogen and oxygen atoms in total. The molecule has 0 aromatic heterocycles. The van der Waals surface area contributed by atoms with E-state index in [1.54, 1.807) is 0 Å². The lowest BCUT2D eigenvalue weighted by Crippen LogP contribution is -2.53. The molecular formula is C29H48O20. The zero-order valence-corrected chi connectivity index (χ0v) is 28.3. The Morgan fingerprint density at radius 2 is 0.673 bits per heavy atom. The van der Waals surface area contributed by atoms with Crippen LogP contribution in [0.15, 0.2) is 0 Å². The smallest absolute Gasteiger partial charge is 0.392 e. The fourth-order valence-electron chi connectivity index (χ4n) is 2.81. The van der Waals surface area contributed by atoms with Gasteiger partial charge in [0.2, 0.25) is 5.60 Å². The summed E-state index contributed by atoms with van der Waals surface area (Å²) in [5.74, 6) is -11.4. The molecule has 0 rings (SSSR count). The lowest BCUT2D eigenvalue weighted by molar-refractivity contribution is -0.246. The van der Waals surface area contributed by atoms with Crippen LogP contribution in [-0.2, 0) is 57.2 Å². The minimum absolute atomic E-state index is 0.734. The predicted octanol–water partition coefficient (Wildman–Crippen LogP) is -4.32. The SMILES string of the molecule is CC(CO)(CO)C(=O)OCC(C)(OC(=O)C(C)(CO)CO)C(=O)OCCOC(=O)C(C)(OC(=O)C(C)(CO)CO)OC(=O)C(C)(CO)CO. The Hall–Kier alpha value is -3.50. The van der Waals surface area contributed by atoms with Crippen molar-refractivity contribution in [3.05, 3.63) is 0 Å².